The summed E-state index contributed by atoms with van der Waals surface area (Å²) in [6.07, 6.45) is 0. The van der Waals surface area contributed by atoms with Crippen molar-refractivity contribution >= 4 is 0 Å². The molecule has 0 saturated carbocycles. The van der Waals surface area contributed by atoms with Crippen LogP contribution in [-0.4, -0.2) is 75.9 Å². The molecular weight excluding hydrogens is 190 g/mol. The molecule has 4 heteroatoms. The second-order valence-electron chi connectivity index (χ2n) is 4.02. The Morgan fingerprint density at radius 3 is 2.33 bits per heavy atom. The number of hydrogen-bond donors (Lipinski definition) is 1. The highest BCUT2D eigenvalue weighted by Crippen LogP contribution is 1.99. The van der Waals surface area contributed by atoms with E-state index in [9.17, 15) is 0 Å². The maximum absolute atomic E-state index is 4.98. The van der Waals surface area contributed by atoms with E-state index < -0.39 is 0 Å². The molecule has 1 fully saturated rings. The van der Waals surface area contributed by atoms with Crippen LogP contribution in [0.25, 0.3) is 0 Å². The average molecular weight is 215 g/mol. The summed E-state index contributed by atoms with van der Waals surface area (Å²) in [5, 5.41) is 3.38. The van der Waals surface area contributed by atoms with Gasteiger partial charge in [0.15, 0.2) is 0 Å². The molecule has 1 rings (SSSR count). The lowest BCUT2D eigenvalue weighted by molar-refractivity contribution is 0.136. The molecule has 0 spiro atoms. The number of methoxy groups -OCH3 is 1. The van der Waals surface area contributed by atoms with Gasteiger partial charge in [-0.1, -0.05) is 6.92 Å². The van der Waals surface area contributed by atoms with Crippen molar-refractivity contribution in [2.75, 3.05) is 66.1 Å². The van der Waals surface area contributed by atoms with Crippen molar-refractivity contribution in [1.82, 2.24) is 15.1 Å². The molecule has 0 aromatic heterocycles. The number of ether oxygens (including phenoxy) is 1. The molecule has 1 aliphatic heterocycles. The van der Waals surface area contributed by atoms with Gasteiger partial charge in [-0.25, -0.2) is 0 Å². The molecule has 0 radical (unpaired) electrons. The second-order valence-corrected chi connectivity index (χ2v) is 4.02. The monoisotopic (exact) mass is 215 g/mol. The van der Waals surface area contributed by atoms with Gasteiger partial charge in [0.2, 0.25) is 0 Å². The van der Waals surface area contributed by atoms with E-state index in [0.717, 1.165) is 19.7 Å². The first-order valence-electron chi connectivity index (χ1n) is 6.01. The van der Waals surface area contributed by atoms with Crippen LogP contribution in [-0.2, 0) is 4.74 Å². The smallest absolute Gasteiger partial charge is 0.0587 e. The number of hydrogen-bond acceptors (Lipinski definition) is 4. The zero-order chi connectivity index (χ0) is 10.9. The fourth-order valence-corrected chi connectivity index (χ4v) is 1.87. The van der Waals surface area contributed by atoms with Crippen LogP contribution in [0.2, 0.25) is 0 Å². The minimum atomic E-state index is 0.809. The number of nitrogens with zero attached hydrogens (tertiary/aromatic N) is 2. The van der Waals surface area contributed by atoms with Crippen molar-refractivity contribution in [2.45, 2.75) is 6.92 Å². The van der Waals surface area contributed by atoms with Crippen molar-refractivity contribution in [3.63, 3.8) is 0 Å². The van der Waals surface area contributed by atoms with Gasteiger partial charge in [-0.05, 0) is 6.54 Å². The zero-order valence-electron chi connectivity index (χ0n) is 10.2. The van der Waals surface area contributed by atoms with Gasteiger partial charge < -0.3 is 15.0 Å². The summed E-state index contributed by atoms with van der Waals surface area (Å²) in [6, 6.07) is 0. The van der Waals surface area contributed by atoms with E-state index in [-0.39, 0.29) is 0 Å². The first-order valence-corrected chi connectivity index (χ1v) is 6.01. The molecule has 1 heterocycles. The molecule has 0 aromatic rings. The van der Waals surface area contributed by atoms with E-state index in [1.54, 1.807) is 7.11 Å². The standard InChI is InChI=1S/C11H25N3O/c1-3-13-7-9-14(10-8-13)6-4-12-5-11-15-2/h12H,3-11H2,1-2H3. The topological polar surface area (TPSA) is 27.7 Å². The summed E-state index contributed by atoms with van der Waals surface area (Å²) < 4.78 is 4.98. The Hall–Kier alpha value is -0.160. The molecule has 0 unspecified atom stereocenters. The predicted octanol–water partition coefficient (Wildman–Crippen LogP) is -0.140. The van der Waals surface area contributed by atoms with Crippen LogP contribution in [0.1, 0.15) is 6.92 Å². The molecule has 1 N–H and O–H groups in total. The van der Waals surface area contributed by atoms with Gasteiger partial charge in [0.1, 0.15) is 0 Å². The predicted molar refractivity (Wildman–Crippen MR) is 63.3 cm³/mol. The highest BCUT2D eigenvalue weighted by Gasteiger charge is 2.14. The lowest BCUT2D eigenvalue weighted by atomic mass is 10.3. The molecule has 1 aliphatic rings. The van der Waals surface area contributed by atoms with Gasteiger partial charge >= 0.3 is 0 Å². The largest absolute Gasteiger partial charge is 0.383 e. The molecule has 90 valence electrons. The molecule has 0 atom stereocenters. The third-order valence-corrected chi connectivity index (χ3v) is 3.00. The number of likely N-dealkylation sites (N-methyl/N-ethyl adjacent to an activating group) is 1. The molecule has 0 aromatic carbocycles. The molecule has 0 bridgehead atoms. The van der Waals surface area contributed by atoms with E-state index >= 15 is 0 Å². The number of rotatable bonds is 7. The zero-order valence-corrected chi connectivity index (χ0v) is 10.2. The van der Waals surface area contributed by atoms with E-state index in [1.807, 2.05) is 0 Å². The Labute approximate surface area is 93.6 Å². The van der Waals surface area contributed by atoms with E-state index in [2.05, 4.69) is 22.0 Å². The van der Waals surface area contributed by atoms with Gasteiger partial charge in [-0.15, -0.1) is 0 Å². The van der Waals surface area contributed by atoms with Gasteiger partial charge in [-0.3, -0.25) is 4.90 Å². The van der Waals surface area contributed by atoms with E-state index in [4.69, 9.17) is 4.74 Å². The average Bonchev–Trinajstić information content (AvgIpc) is 2.30. The first kappa shape index (κ1) is 12.9. The fraction of sp³-hybridized carbons (Fsp3) is 1.00. The Morgan fingerprint density at radius 2 is 1.73 bits per heavy atom. The van der Waals surface area contributed by atoms with E-state index in [1.165, 1.54) is 39.3 Å². The lowest BCUT2D eigenvalue weighted by Crippen LogP contribution is -2.47. The first-order chi connectivity index (χ1) is 7.36. The summed E-state index contributed by atoms with van der Waals surface area (Å²) in [5.74, 6) is 0. The van der Waals surface area contributed by atoms with E-state index in [0.29, 0.717) is 0 Å². The summed E-state index contributed by atoms with van der Waals surface area (Å²) >= 11 is 0. The summed E-state index contributed by atoms with van der Waals surface area (Å²) in [5.41, 5.74) is 0. The molecule has 1 saturated heterocycles. The molecule has 0 aliphatic carbocycles. The lowest BCUT2D eigenvalue weighted by Gasteiger charge is -2.33. The van der Waals surface area contributed by atoms with Gasteiger partial charge in [0, 0.05) is 52.9 Å². The second kappa shape index (κ2) is 8.05. The Balaban J connectivity index is 1.94. The van der Waals surface area contributed by atoms with Crippen LogP contribution >= 0.6 is 0 Å². The van der Waals surface area contributed by atoms with Crippen LogP contribution in [0.5, 0.6) is 0 Å². The van der Waals surface area contributed by atoms with Crippen molar-refractivity contribution in [2.24, 2.45) is 0 Å². The van der Waals surface area contributed by atoms with Crippen LogP contribution in [0, 0.1) is 0 Å². The SMILES string of the molecule is CCN1CCN(CCNCCOC)CC1. The Kier molecular flexibility index (Phi) is 6.92. The number of piperazine rings is 1. The molecule has 4 nitrogen and oxygen atoms in total. The third-order valence-electron chi connectivity index (χ3n) is 3.00. The molecular formula is C11H25N3O. The van der Waals surface area contributed by atoms with Crippen molar-refractivity contribution < 1.29 is 4.74 Å². The van der Waals surface area contributed by atoms with Crippen molar-refractivity contribution in [3.05, 3.63) is 0 Å². The Bertz CT molecular complexity index is 147. The van der Waals surface area contributed by atoms with Crippen LogP contribution in [0.3, 0.4) is 0 Å². The van der Waals surface area contributed by atoms with Gasteiger partial charge in [0.25, 0.3) is 0 Å². The fourth-order valence-electron chi connectivity index (χ4n) is 1.87. The van der Waals surface area contributed by atoms with Crippen LogP contribution < -0.4 is 5.32 Å². The Morgan fingerprint density at radius 1 is 1.07 bits per heavy atom. The normalized spacial score (nSPS) is 19.6. The van der Waals surface area contributed by atoms with Crippen LogP contribution in [0.4, 0.5) is 0 Å². The quantitative estimate of drug-likeness (QED) is 0.598. The van der Waals surface area contributed by atoms with Gasteiger partial charge in [0.05, 0.1) is 6.61 Å². The molecule has 15 heavy (non-hydrogen) atoms. The number of nitrogens with one attached hydrogen (secondary N) is 1. The highest BCUT2D eigenvalue weighted by molar-refractivity contribution is 4.71. The minimum Gasteiger partial charge on any atom is -0.383 e. The minimum absolute atomic E-state index is 0.809. The summed E-state index contributed by atoms with van der Waals surface area (Å²) in [7, 11) is 1.74. The van der Waals surface area contributed by atoms with Crippen molar-refractivity contribution in [3.8, 4) is 0 Å². The third kappa shape index (κ3) is 5.47. The van der Waals surface area contributed by atoms with Crippen LogP contribution in [0.15, 0.2) is 0 Å². The van der Waals surface area contributed by atoms with Crippen molar-refractivity contribution in [1.29, 1.82) is 0 Å². The summed E-state index contributed by atoms with van der Waals surface area (Å²) in [4.78, 5) is 5.04. The maximum atomic E-state index is 4.98. The highest BCUT2D eigenvalue weighted by atomic mass is 16.5. The maximum Gasteiger partial charge on any atom is 0.0587 e. The van der Waals surface area contributed by atoms with Gasteiger partial charge in [-0.2, -0.15) is 0 Å². The summed E-state index contributed by atoms with van der Waals surface area (Å²) in [6.45, 7) is 12.4. The molecule has 0 amide bonds.